The normalized spacial score (nSPS) is 37.1. The summed E-state index contributed by atoms with van der Waals surface area (Å²) in [6.07, 6.45) is 11.3. The van der Waals surface area contributed by atoms with Crippen molar-refractivity contribution < 1.29 is 18.0 Å². The molecule has 4 aliphatic rings. The number of fused-ring (bicyclic) bond motifs is 1. The van der Waals surface area contributed by atoms with E-state index in [2.05, 4.69) is 16.5 Å². The molecule has 1 N–H and O–H groups in total. The SMILES string of the molecule is CC(=O)N1C2CCC(C3CCCC(NS(C)(=O)=O)C3)CC2N(C(=O)C2CCC2)C[C@@H]1C. The number of sulfonamides is 1. The van der Waals surface area contributed by atoms with E-state index < -0.39 is 10.0 Å². The molecule has 1 heterocycles. The van der Waals surface area contributed by atoms with Gasteiger partial charge in [-0.25, -0.2) is 13.1 Å². The first-order valence-corrected chi connectivity index (χ1v) is 14.1. The highest BCUT2D eigenvalue weighted by atomic mass is 32.2. The van der Waals surface area contributed by atoms with Gasteiger partial charge in [0, 0.05) is 31.5 Å². The molecule has 2 amide bonds. The lowest BCUT2D eigenvalue weighted by Gasteiger charge is -2.55. The minimum atomic E-state index is -3.19. The summed E-state index contributed by atoms with van der Waals surface area (Å²) in [4.78, 5) is 29.9. The van der Waals surface area contributed by atoms with Crippen LogP contribution in [0.15, 0.2) is 0 Å². The fraction of sp³-hybridized carbons (Fsp3) is 0.913. The smallest absolute Gasteiger partial charge is 0.226 e. The van der Waals surface area contributed by atoms with Gasteiger partial charge in [-0.05, 0) is 63.7 Å². The number of nitrogens with zero attached hydrogens (tertiary/aromatic N) is 2. The van der Waals surface area contributed by atoms with E-state index in [-0.39, 0.29) is 36.0 Å². The van der Waals surface area contributed by atoms with Crippen molar-refractivity contribution in [3.05, 3.63) is 0 Å². The third kappa shape index (κ3) is 4.95. The summed E-state index contributed by atoms with van der Waals surface area (Å²) in [7, 11) is -3.19. The quantitative estimate of drug-likeness (QED) is 0.709. The minimum absolute atomic E-state index is 0.0271. The molecule has 0 bridgehead atoms. The van der Waals surface area contributed by atoms with Crippen molar-refractivity contribution in [3.63, 3.8) is 0 Å². The number of nitrogens with one attached hydrogen (secondary N) is 1. The lowest BCUT2D eigenvalue weighted by molar-refractivity contribution is -0.159. The van der Waals surface area contributed by atoms with Gasteiger partial charge in [-0.1, -0.05) is 19.3 Å². The Morgan fingerprint density at radius 3 is 2.19 bits per heavy atom. The Morgan fingerprint density at radius 2 is 1.58 bits per heavy atom. The number of piperazine rings is 1. The summed E-state index contributed by atoms with van der Waals surface area (Å²) >= 11 is 0. The number of rotatable bonds is 4. The zero-order valence-corrected chi connectivity index (χ0v) is 20.1. The topological polar surface area (TPSA) is 86.8 Å². The molecule has 5 unspecified atom stereocenters. The third-order valence-corrected chi connectivity index (χ3v) is 9.14. The van der Waals surface area contributed by atoms with Crippen LogP contribution in [0.1, 0.15) is 78.1 Å². The van der Waals surface area contributed by atoms with E-state index in [0.29, 0.717) is 24.3 Å². The zero-order valence-electron chi connectivity index (χ0n) is 19.3. The summed E-state index contributed by atoms with van der Waals surface area (Å²) in [5.41, 5.74) is 0. The van der Waals surface area contributed by atoms with E-state index in [1.54, 1.807) is 6.92 Å². The monoisotopic (exact) mass is 453 g/mol. The maximum Gasteiger partial charge on any atom is 0.226 e. The van der Waals surface area contributed by atoms with Gasteiger partial charge in [0.1, 0.15) is 0 Å². The molecule has 0 aromatic rings. The van der Waals surface area contributed by atoms with Gasteiger partial charge in [-0.2, -0.15) is 0 Å². The highest BCUT2D eigenvalue weighted by Gasteiger charge is 2.48. The summed E-state index contributed by atoms with van der Waals surface area (Å²) in [5, 5.41) is 0. The Labute approximate surface area is 187 Å². The zero-order chi connectivity index (χ0) is 22.3. The van der Waals surface area contributed by atoms with Gasteiger partial charge in [0.2, 0.25) is 21.8 Å². The minimum Gasteiger partial charge on any atom is -0.335 e. The standard InChI is InChI=1S/C23H39N3O4S/c1-15-14-25(23(28)17-6-4-7-17)22-13-19(10-11-21(22)26(15)16(2)27)18-8-5-9-20(12-18)24-31(3,29)30/h15,17-22,24H,4-14H2,1-3H3/t15-,18?,19?,20?,21?,22?/m0/s1. The number of amides is 2. The van der Waals surface area contributed by atoms with Crippen LogP contribution in [-0.4, -0.2) is 67.0 Å². The Bertz CT molecular complexity index is 797. The Kier molecular flexibility index (Phi) is 6.69. The molecule has 0 aromatic carbocycles. The highest BCUT2D eigenvalue weighted by Crippen LogP contribution is 2.44. The fourth-order valence-electron chi connectivity index (χ4n) is 6.84. The first-order chi connectivity index (χ1) is 14.6. The Morgan fingerprint density at radius 1 is 0.903 bits per heavy atom. The van der Waals surface area contributed by atoms with Crippen LogP contribution in [0.3, 0.4) is 0 Å². The Hall–Kier alpha value is -1.15. The molecular weight excluding hydrogens is 414 g/mol. The molecule has 0 aromatic heterocycles. The first-order valence-electron chi connectivity index (χ1n) is 12.2. The second-order valence-electron chi connectivity index (χ2n) is 10.6. The van der Waals surface area contributed by atoms with Gasteiger partial charge in [0.15, 0.2) is 0 Å². The number of hydrogen-bond donors (Lipinski definition) is 1. The van der Waals surface area contributed by atoms with Crippen LogP contribution in [0.25, 0.3) is 0 Å². The van der Waals surface area contributed by atoms with E-state index in [9.17, 15) is 18.0 Å². The van der Waals surface area contributed by atoms with Gasteiger partial charge in [0.05, 0.1) is 18.3 Å². The highest BCUT2D eigenvalue weighted by molar-refractivity contribution is 7.88. The third-order valence-electron chi connectivity index (χ3n) is 8.38. The van der Waals surface area contributed by atoms with Crippen LogP contribution in [0, 0.1) is 17.8 Å². The first kappa shape index (κ1) is 23.0. The van der Waals surface area contributed by atoms with Crippen LogP contribution < -0.4 is 4.72 Å². The summed E-state index contributed by atoms with van der Waals surface area (Å²) in [5.74, 6) is 1.57. The van der Waals surface area contributed by atoms with Gasteiger partial charge < -0.3 is 9.80 Å². The van der Waals surface area contributed by atoms with Crippen molar-refractivity contribution in [1.29, 1.82) is 0 Å². The summed E-state index contributed by atoms with van der Waals surface area (Å²) < 4.78 is 26.3. The van der Waals surface area contributed by atoms with Crippen LogP contribution in [0.5, 0.6) is 0 Å². The summed E-state index contributed by atoms with van der Waals surface area (Å²) in [6.45, 7) is 4.38. The van der Waals surface area contributed by atoms with Crippen molar-refractivity contribution in [2.75, 3.05) is 12.8 Å². The lowest BCUT2D eigenvalue weighted by atomic mass is 9.68. The molecule has 7 nitrogen and oxygen atoms in total. The molecule has 0 spiro atoms. The number of carbonyl (C=O) groups is 2. The molecule has 4 fully saturated rings. The number of carbonyl (C=O) groups excluding carboxylic acids is 2. The molecular formula is C23H39N3O4S. The van der Waals surface area contributed by atoms with Crippen molar-refractivity contribution in [2.24, 2.45) is 17.8 Å². The molecule has 176 valence electrons. The Balaban J connectivity index is 1.50. The van der Waals surface area contributed by atoms with Crippen molar-refractivity contribution in [1.82, 2.24) is 14.5 Å². The molecule has 0 radical (unpaired) electrons. The van der Waals surface area contributed by atoms with Crippen molar-refractivity contribution in [2.45, 2.75) is 102 Å². The van der Waals surface area contributed by atoms with Crippen LogP contribution in [-0.2, 0) is 19.6 Å². The average molecular weight is 454 g/mol. The largest absolute Gasteiger partial charge is 0.335 e. The molecule has 3 saturated carbocycles. The second-order valence-corrected chi connectivity index (χ2v) is 12.4. The van der Waals surface area contributed by atoms with Crippen LogP contribution in [0.2, 0.25) is 0 Å². The second kappa shape index (κ2) is 9.00. The van der Waals surface area contributed by atoms with E-state index in [1.807, 2.05) is 4.90 Å². The van der Waals surface area contributed by atoms with Crippen LogP contribution in [0.4, 0.5) is 0 Å². The van der Waals surface area contributed by atoms with E-state index >= 15 is 0 Å². The van der Waals surface area contributed by atoms with E-state index in [1.165, 1.54) is 6.26 Å². The van der Waals surface area contributed by atoms with Gasteiger partial charge in [-0.15, -0.1) is 0 Å². The van der Waals surface area contributed by atoms with Gasteiger partial charge >= 0.3 is 0 Å². The molecule has 1 saturated heterocycles. The fourth-order valence-corrected chi connectivity index (χ4v) is 7.66. The number of hydrogen-bond acceptors (Lipinski definition) is 4. The molecule has 8 heteroatoms. The van der Waals surface area contributed by atoms with Gasteiger partial charge in [0.25, 0.3) is 0 Å². The van der Waals surface area contributed by atoms with Crippen molar-refractivity contribution in [3.8, 4) is 0 Å². The average Bonchev–Trinajstić information content (AvgIpc) is 2.64. The van der Waals surface area contributed by atoms with E-state index in [0.717, 1.165) is 64.2 Å². The maximum absolute atomic E-state index is 13.3. The molecule has 3 aliphatic carbocycles. The molecule has 1 aliphatic heterocycles. The molecule has 31 heavy (non-hydrogen) atoms. The summed E-state index contributed by atoms with van der Waals surface area (Å²) in [6, 6.07) is 0.321. The molecule has 4 rings (SSSR count). The predicted octanol–water partition coefficient (Wildman–Crippen LogP) is 2.51. The molecule has 6 atom stereocenters. The lowest BCUT2D eigenvalue weighted by Crippen LogP contribution is -2.68. The van der Waals surface area contributed by atoms with Crippen molar-refractivity contribution >= 4 is 21.8 Å². The van der Waals surface area contributed by atoms with E-state index in [4.69, 9.17) is 0 Å². The van der Waals surface area contributed by atoms with Gasteiger partial charge in [-0.3, -0.25) is 9.59 Å². The van der Waals surface area contributed by atoms with Crippen LogP contribution >= 0.6 is 0 Å². The predicted molar refractivity (Wildman–Crippen MR) is 120 cm³/mol. The maximum atomic E-state index is 13.3.